The normalized spacial score (nSPS) is 11.2. The van der Waals surface area contributed by atoms with Crippen LogP contribution in [0.25, 0.3) is 0 Å². The lowest BCUT2D eigenvalue weighted by molar-refractivity contribution is 0.0719. The Morgan fingerprint density at radius 3 is 2.50 bits per heavy atom. The van der Waals surface area contributed by atoms with Gasteiger partial charge in [-0.2, -0.15) is 0 Å². The molecule has 1 aromatic heterocycles. The fourth-order valence-corrected chi connectivity index (χ4v) is 0.994. The van der Waals surface area contributed by atoms with E-state index in [1.807, 2.05) is 0 Å². The number of hydrogen-bond donors (Lipinski definition) is 3. The van der Waals surface area contributed by atoms with Gasteiger partial charge in [-0.3, -0.25) is 4.79 Å². The van der Waals surface area contributed by atoms with Crippen LogP contribution in [0.4, 0.5) is 0 Å². The van der Waals surface area contributed by atoms with E-state index < -0.39 is 11.4 Å². The first-order chi connectivity index (χ1) is 7.50. The lowest BCUT2D eigenvalue weighted by Crippen LogP contribution is -2.51. The summed E-state index contributed by atoms with van der Waals surface area (Å²) in [6, 6.07) is 0. The molecule has 0 radical (unpaired) electrons. The van der Waals surface area contributed by atoms with Crippen molar-refractivity contribution >= 4 is 17.5 Å². The Morgan fingerprint density at radius 1 is 1.44 bits per heavy atom. The number of aliphatic hydroxyl groups is 2. The Kier molecular flexibility index (Phi) is 4.17. The zero-order valence-corrected chi connectivity index (χ0v) is 9.40. The van der Waals surface area contributed by atoms with Gasteiger partial charge in [-0.25, -0.2) is 9.97 Å². The molecule has 0 aliphatic heterocycles. The fourth-order valence-electron chi connectivity index (χ4n) is 0.897. The molecule has 1 aromatic rings. The molecule has 0 atom stereocenters. The van der Waals surface area contributed by atoms with E-state index in [-0.39, 0.29) is 24.1 Å². The lowest BCUT2D eigenvalue weighted by Gasteiger charge is -2.25. The van der Waals surface area contributed by atoms with Gasteiger partial charge in [-0.05, 0) is 6.92 Å². The van der Waals surface area contributed by atoms with Gasteiger partial charge in [0.1, 0.15) is 10.8 Å². The van der Waals surface area contributed by atoms with Crippen LogP contribution in [-0.2, 0) is 0 Å². The first-order valence-corrected chi connectivity index (χ1v) is 4.90. The van der Waals surface area contributed by atoms with E-state index in [9.17, 15) is 4.79 Å². The maximum Gasteiger partial charge on any atom is 0.272 e. The summed E-state index contributed by atoms with van der Waals surface area (Å²) in [5.74, 6) is -0.533. The van der Waals surface area contributed by atoms with Crippen LogP contribution in [0.3, 0.4) is 0 Å². The first-order valence-electron chi connectivity index (χ1n) is 4.52. The van der Waals surface area contributed by atoms with Gasteiger partial charge in [0.15, 0.2) is 0 Å². The molecule has 1 rings (SSSR count). The monoisotopic (exact) mass is 245 g/mol. The van der Waals surface area contributed by atoms with Crippen LogP contribution in [0.2, 0.25) is 5.15 Å². The largest absolute Gasteiger partial charge is 0.394 e. The van der Waals surface area contributed by atoms with Crippen molar-refractivity contribution in [3.05, 3.63) is 23.2 Å². The third kappa shape index (κ3) is 3.13. The Morgan fingerprint density at radius 2 is 2.06 bits per heavy atom. The molecule has 16 heavy (non-hydrogen) atoms. The molecule has 0 bridgehead atoms. The van der Waals surface area contributed by atoms with Crippen molar-refractivity contribution in [1.82, 2.24) is 15.3 Å². The topological polar surface area (TPSA) is 95.3 Å². The number of halogens is 1. The van der Waals surface area contributed by atoms with E-state index >= 15 is 0 Å². The summed E-state index contributed by atoms with van der Waals surface area (Å²) in [6.07, 6.45) is 2.46. The summed E-state index contributed by atoms with van der Waals surface area (Å²) in [7, 11) is 0. The number of hydrogen-bond acceptors (Lipinski definition) is 5. The average molecular weight is 246 g/mol. The third-order valence-corrected chi connectivity index (χ3v) is 2.16. The van der Waals surface area contributed by atoms with Gasteiger partial charge in [0, 0.05) is 0 Å². The molecule has 7 heteroatoms. The third-order valence-electron chi connectivity index (χ3n) is 1.97. The van der Waals surface area contributed by atoms with Crippen LogP contribution in [0.5, 0.6) is 0 Å². The zero-order valence-electron chi connectivity index (χ0n) is 8.64. The Bertz CT molecular complexity index is 365. The zero-order chi connectivity index (χ0) is 12.2. The first kappa shape index (κ1) is 12.8. The number of carbonyl (C=O) groups is 1. The van der Waals surface area contributed by atoms with Gasteiger partial charge >= 0.3 is 0 Å². The molecule has 0 aliphatic rings. The summed E-state index contributed by atoms with van der Waals surface area (Å²) in [6.45, 7) is 0.751. The molecule has 88 valence electrons. The fraction of sp³-hybridized carbons (Fsp3) is 0.444. The highest BCUT2D eigenvalue weighted by Gasteiger charge is 2.25. The number of rotatable bonds is 4. The number of aliphatic hydroxyl groups excluding tert-OH is 2. The maximum atomic E-state index is 11.6. The van der Waals surface area contributed by atoms with E-state index in [1.54, 1.807) is 0 Å². The molecular weight excluding hydrogens is 234 g/mol. The van der Waals surface area contributed by atoms with Gasteiger partial charge in [0.25, 0.3) is 5.91 Å². The van der Waals surface area contributed by atoms with E-state index in [1.165, 1.54) is 19.3 Å². The van der Waals surface area contributed by atoms with Gasteiger partial charge in [0.2, 0.25) is 0 Å². The highest BCUT2D eigenvalue weighted by atomic mass is 35.5. The lowest BCUT2D eigenvalue weighted by atomic mass is 10.1. The van der Waals surface area contributed by atoms with E-state index in [0.29, 0.717) is 0 Å². The number of amides is 1. The van der Waals surface area contributed by atoms with Crippen molar-refractivity contribution in [2.24, 2.45) is 0 Å². The van der Waals surface area contributed by atoms with Gasteiger partial charge in [-0.15, -0.1) is 0 Å². The van der Waals surface area contributed by atoms with Crippen LogP contribution < -0.4 is 5.32 Å². The molecule has 6 nitrogen and oxygen atoms in total. The van der Waals surface area contributed by atoms with Crippen LogP contribution in [-0.4, -0.2) is 44.8 Å². The molecule has 0 saturated heterocycles. The van der Waals surface area contributed by atoms with E-state index in [4.69, 9.17) is 21.8 Å². The summed E-state index contributed by atoms with van der Waals surface area (Å²) >= 11 is 5.52. The molecule has 0 saturated carbocycles. The van der Waals surface area contributed by atoms with Crippen molar-refractivity contribution < 1.29 is 15.0 Å². The smallest absolute Gasteiger partial charge is 0.272 e. The molecule has 1 heterocycles. The van der Waals surface area contributed by atoms with Gasteiger partial charge in [-0.1, -0.05) is 11.6 Å². The molecule has 0 spiro atoms. The maximum absolute atomic E-state index is 11.6. The minimum absolute atomic E-state index is 0.0672. The number of aromatic nitrogens is 2. The molecule has 0 aliphatic carbocycles. The van der Waals surface area contributed by atoms with Crippen molar-refractivity contribution in [3.8, 4) is 0 Å². The number of carbonyl (C=O) groups excluding carboxylic acids is 1. The predicted octanol–water partition coefficient (Wildman–Crippen LogP) is -0.397. The summed E-state index contributed by atoms with van der Waals surface area (Å²) in [4.78, 5) is 19.1. The quantitative estimate of drug-likeness (QED) is 0.671. The highest BCUT2D eigenvalue weighted by Crippen LogP contribution is 2.05. The van der Waals surface area contributed by atoms with E-state index in [2.05, 4.69) is 15.3 Å². The molecule has 1 amide bonds. The molecule has 3 N–H and O–H groups in total. The second-order valence-electron chi connectivity index (χ2n) is 3.56. The average Bonchev–Trinajstić information content (AvgIpc) is 2.29. The molecule has 0 aromatic carbocycles. The van der Waals surface area contributed by atoms with Crippen LogP contribution in [0, 0.1) is 0 Å². The van der Waals surface area contributed by atoms with Crippen molar-refractivity contribution in [2.45, 2.75) is 12.5 Å². The summed E-state index contributed by atoms with van der Waals surface area (Å²) in [5, 5.41) is 20.6. The molecular formula is C9H12ClN3O3. The van der Waals surface area contributed by atoms with Gasteiger partial charge < -0.3 is 15.5 Å². The Balaban J connectivity index is 2.76. The standard InChI is InChI=1S/C9H12ClN3O3/c1-9(4-14,5-15)13-8(16)6-2-12-7(10)3-11-6/h2-3,14-15H,4-5H2,1H3,(H,13,16). The summed E-state index contributed by atoms with van der Waals surface area (Å²) in [5.41, 5.74) is -1.02. The minimum atomic E-state index is -1.08. The second-order valence-corrected chi connectivity index (χ2v) is 3.94. The Hall–Kier alpha value is -1.24. The highest BCUT2D eigenvalue weighted by molar-refractivity contribution is 6.29. The Labute approximate surface area is 97.3 Å². The van der Waals surface area contributed by atoms with Crippen molar-refractivity contribution in [3.63, 3.8) is 0 Å². The molecule has 0 unspecified atom stereocenters. The second kappa shape index (κ2) is 5.20. The van der Waals surface area contributed by atoms with Crippen LogP contribution in [0.1, 0.15) is 17.4 Å². The molecule has 0 fully saturated rings. The van der Waals surface area contributed by atoms with E-state index in [0.717, 1.165) is 0 Å². The van der Waals surface area contributed by atoms with Crippen molar-refractivity contribution in [1.29, 1.82) is 0 Å². The van der Waals surface area contributed by atoms with Crippen molar-refractivity contribution in [2.75, 3.05) is 13.2 Å². The SMILES string of the molecule is CC(CO)(CO)NC(=O)c1cnc(Cl)cn1. The minimum Gasteiger partial charge on any atom is -0.394 e. The van der Waals surface area contributed by atoms with Gasteiger partial charge in [0.05, 0.1) is 31.1 Å². The predicted molar refractivity (Wildman–Crippen MR) is 57.1 cm³/mol. The van der Waals surface area contributed by atoms with Crippen LogP contribution in [0.15, 0.2) is 12.4 Å². The summed E-state index contributed by atoms with van der Waals surface area (Å²) < 4.78 is 0. The number of nitrogens with zero attached hydrogens (tertiary/aromatic N) is 2. The van der Waals surface area contributed by atoms with Crippen LogP contribution >= 0.6 is 11.6 Å². The number of nitrogens with one attached hydrogen (secondary N) is 1.